The third-order valence-electron chi connectivity index (χ3n) is 1.12. The number of rotatable bonds is 1. The third-order valence-corrected chi connectivity index (χ3v) is 1.12. The van der Waals surface area contributed by atoms with E-state index in [1.807, 2.05) is 0 Å². The first-order chi connectivity index (χ1) is 4.84. The van der Waals surface area contributed by atoms with Crippen LogP contribution in [-0.2, 0) is 0 Å². The van der Waals surface area contributed by atoms with Crippen molar-refractivity contribution in [2.75, 3.05) is 0 Å². The Morgan fingerprint density at radius 1 is 1.70 bits per heavy atom. The van der Waals surface area contributed by atoms with Gasteiger partial charge in [0.15, 0.2) is 6.10 Å². The molecule has 3 nitrogen and oxygen atoms in total. The van der Waals surface area contributed by atoms with Crippen molar-refractivity contribution in [2.24, 2.45) is 0 Å². The summed E-state index contributed by atoms with van der Waals surface area (Å²) in [6.07, 6.45) is 2.01. The van der Waals surface area contributed by atoms with E-state index in [9.17, 15) is 0 Å². The van der Waals surface area contributed by atoms with Gasteiger partial charge in [0, 0.05) is 18.0 Å². The lowest BCUT2D eigenvalue weighted by Crippen LogP contribution is -1.92. The summed E-state index contributed by atoms with van der Waals surface area (Å²) in [6, 6.07) is 5.03. The van der Waals surface area contributed by atoms with E-state index in [0.717, 1.165) is 0 Å². The normalized spacial score (nSPS) is 12.0. The maximum absolute atomic E-state index is 8.93. The smallest absolute Gasteiger partial charge is 0.167 e. The first-order valence-electron chi connectivity index (χ1n) is 2.82. The van der Waals surface area contributed by atoms with Gasteiger partial charge in [0.25, 0.3) is 0 Å². The van der Waals surface area contributed by atoms with Crippen molar-refractivity contribution in [3.8, 4) is 6.07 Å². The molecule has 50 valence electrons. The second-order valence-corrected chi connectivity index (χ2v) is 1.82. The Hall–Kier alpha value is -1.40. The molecular formula is C7H6N2O. The van der Waals surface area contributed by atoms with Gasteiger partial charge >= 0.3 is 0 Å². The van der Waals surface area contributed by atoms with Gasteiger partial charge in [0.05, 0.1) is 6.07 Å². The molecule has 0 bridgehead atoms. The maximum atomic E-state index is 8.93. The third kappa shape index (κ3) is 1.30. The van der Waals surface area contributed by atoms with E-state index in [1.54, 1.807) is 24.4 Å². The van der Waals surface area contributed by atoms with Gasteiger partial charge in [-0.25, -0.2) is 0 Å². The summed E-state index contributed by atoms with van der Waals surface area (Å²) in [5.74, 6) is 0. The van der Waals surface area contributed by atoms with Crippen LogP contribution in [0.5, 0.6) is 0 Å². The SMILES string of the molecule is N#C[C@H](O)c1cccnc1. The fourth-order valence-corrected chi connectivity index (χ4v) is 0.612. The minimum atomic E-state index is -1.05. The molecule has 0 radical (unpaired) electrons. The van der Waals surface area contributed by atoms with Crippen LogP contribution in [0.1, 0.15) is 11.7 Å². The van der Waals surface area contributed by atoms with Crippen LogP contribution in [0.25, 0.3) is 0 Å². The lowest BCUT2D eigenvalue weighted by molar-refractivity contribution is 0.235. The average Bonchev–Trinajstić information content (AvgIpc) is 2.05. The predicted octanol–water partition coefficient (Wildman–Crippen LogP) is 0.639. The Labute approximate surface area is 58.6 Å². The molecule has 1 heterocycles. The lowest BCUT2D eigenvalue weighted by Gasteiger charge is -1.97. The van der Waals surface area contributed by atoms with Crippen LogP contribution in [0.4, 0.5) is 0 Å². The molecule has 0 saturated heterocycles. The largest absolute Gasteiger partial charge is 0.374 e. The number of nitrogens with zero attached hydrogens (tertiary/aromatic N) is 2. The fraction of sp³-hybridized carbons (Fsp3) is 0.143. The molecule has 10 heavy (non-hydrogen) atoms. The molecule has 1 N–H and O–H groups in total. The summed E-state index contributed by atoms with van der Waals surface area (Å²) in [4.78, 5) is 3.74. The highest BCUT2D eigenvalue weighted by atomic mass is 16.3. The number of aliphatic hydroxyl groups is 1. The second-order valence-electron chi connectivity index (χ2n) is 1.82. The first-order valence-corrected chi connectivity index (χ1v) is 2.82. The van der Waals surface area contributed by atoms with E-state index in [-0.39, 0.29) is 0 Å². The van der Waals surface area contributed by atoms with E-state index < -0.39 is 6.10 Å². The van der Waals surface area contributed by atoms with Gasteiger partial charge in [0.1, 0.15) is 0 Å². The molecule has 3 heteroatoms. The number of hydrogen-bond donors (Lipinski definition) is 1. The highest BCUT2D eigenvalue weighted by molar-refractivity contribution is 5.16. The van der Waals surface area contributed by atoms with Gasteiger partial charge in [-0.2, -0.15) is 5.26 Å². The number of aromatic nitrogens is 1. The van der Waals surface area contributed by atoms with Gasteiger partial charge in [-0.3, -0.25) is 4.98 Å². The molecule has 0 unspecified atom stereocenters. The summed E-state index contributed by atoms with van der Waals surface area (Å²) < 4.78 is 0. The van der Waals surface area contributed by atoms with Crippen LogP contribution in [0.3, 0.4) is 0 Å². The van der Waals surface area contributed by atoms with Crippen molar-refractivity contribution in [1.82, 2.24) is 4.98 Å². The molecule has 0 spiro atoms. The van der Waals surface area contributed by atoms with Crippen LogP contribution in [0, 0.1) is 11.3 Å². The lowest BCUT2D eigenvalue weighted by atomic mass is 10.2. The summed E-state index contributed by atoms with van der Waals surface area (Å²) in [7, 11) is 0. The van der Waals surface area contributed by atoms with E-state index in [0.29, 0.717) is 5.56 Å². The van der Waals surface area contributed by atoms with Crippen LogP contribution in [0.15, 0.2) is 24.5 Å². The van der Waals surface area contributed by atoms with Crippen molar-refractivity contribution >= 4 is 0 Å². The van der Waals surface area contributed by atoms with Crippen LogP contribution < -0.4 is 0 Å². The summed E-state index contributed by atoms with van der Waals surface area (Å²) >= 11 is 0. The van der Waals surface area contributed by atoms with E-state index in [2.05, 4.69) is 4.98 Å². The molecule has 0 saturated carbocycles. The Morgan fingerprint density at radius 3 is 3.00 bits per heavy atom. The second kappa shape index (κ2) is 2.95. The van der Waals surface area contributed by atoms with Crippen LogP contribution >= 0.6 is 0 Å². The molecule has 0 aromatic carbocycles. The summed E-state index contributed by atoms with van der Waals surface area (Å²) in [5.41, 5.74) is 0.532. The Kier molecular flexibility index (Phi) is 1.98. The molecule has 1 rings (SSSR count). The number of nitriles is 1. The minimum absolute atomic E-state index is 0.532. The zero-order valence-electron chi connectivity index (χ0n) is 5.23. The monoisotopic (exact) mass is 134 g/mol. The van der Waals surface area contributed by atoms with E-state index >= 15 is 0 Å². The number of pyridine rings is 1. The number of aliphatic hydroxyl groups excluding tert-OH is 1. The van der Waals surface area contributed by atoms with E-state index in [4.69, 9.17) is 10.4 Å². The van der Waals surface area contributed by atoms with Crippen LogP contribution in [-0.4, -0.2) is 10.1 Å². The zero-order chi connectivity index (χ0) is 7.40. The Bertz CT molecular complexity index is 240. The highest BCUT2D eigenvalue weighted by Crippen LogP contribution is 2.07. The van der Waals surface area contributed by atoms with Gasteiger partial charge < -0.3 is 5.11 Å². The van der Waals surface area contributed by atoms with Gasteiger partial charge in [-0.05, 0) is 6.07 Å². The van der Waals surface area contributed by atoms with Crippen LogP contribution in [0.2, 0.25) is 0 Å². The maximum Gasteiger partial charge on any atom is 0.167 e. The standard InChI is InChI=1S/C7H6N2O/c8-4-7(10)6-2-1-3-9-5-6/h1-3,5,7,10H/t7-/m0/s1. The Morgan fingerprint density at radius 2 is 2.50 bits per heavy atom. The fourth-order valence-electron chi connectivity index (χ4n) is 0.612. The Balaban J connectivity index is 2.88. The minimum Gasteiger partial charge on any atom is -0.374 e. The predicted molar refractivity (Wildman–Crippen MR) is 34.8 cm³/mol. The van der Waals surface area contributed by atoms with Gasteiger partial charge in [0.2, 0.25) is 0 Å². The molecule has 1 aromatic heterocycles. The van der Waals surface area contributed by atoms with E-state index in [1.165, 1.54) is 6.20 Å². The molecule has 0 aliphatic heterocycles. The van der Waals surface area contributed by atoms with Gasteiger partial charge in [-0.15, -0.1) is 0 Å². The quantitative estimate of drug-likeness (QED) is 0.573. The molecule has 1 atom stereocenters. The first kappa shape index (κ1) is 6.72. The van der Waals surface area contributed by atoms with Crippen molar-refractivity contribution in [1.29, 1.82) is 5.26 Å². The summed E-state index contributed by atoms with van der Waals surface area (Å²) in [5, 5.41) is 17.2. The molecule has 0 fully saturated rings. The molecule has 1 aromatic rings. The topological polar surface area (TPSA) is 56.9 Å². The molecule has 0 amide bonds. The van der Waals surface area contributed by atoms with Crippen molar-refractivity contribution in [2.45, 2.75) is 6.10 Å². The van der Waals surface area contributed by atoms with Crippen molar-refractivity contribution in [3.63, 3.8) is 0 Å². The van der Waals surface area contributed by atoms with Crippen molar-refractivity contribution < 1.29 is 5.11 Å². The highest BCUT2D eigenvalue weighted by Gasteiger charge is 2.02. The summed E-state index contributed by atoms with van der Waals surface area (Å²) in [6.45, 7) is 0. The molecular weight excluding hydrogens is 128 g/mol. The van der Waals surface area contributed by atoms with Gasteiger partial charge in [-0.1, -0.05) is 6.07 Å². The average molecular weight is 134 g/mol. The van der Waals surface area contributed by atoms with Crippen molar-refractivity contribution in [3.05, 3.63) is 30.1 Å². The zero-order valence-corrected chi connectivity index (χ0v) is 5.23. The molecule has 0 aliphatic carbocycles. The molecule has 0 aliphatic rings. The number of hydrogen-bond acceptors (Lipinski definition) is 3.